The molecule has 1 aromatic carbocycles. The zero-order valence-corrected chi connectivity index (χ0v) is 15.1. The zero-order valence-electron chi connectivity index (χ0n) is 15.1. The molecule has 1 aromatic heterocycles. The topological polar surface area (TPSA) is 72.1 Å². The van der Waals surface area contributed by atoms with E-state index in [1.165, 1.54) is 6.26 Å². The summed E-state index contributed by atoms with van der Waals surface area (Å²) in [5.74, 6) is 1.62. The van der Waals surface area contributed by atoms with Gasteiger partial charge in [-0.25, -0.2) is 0 Å². The maximum absolute atomic E-state index is 13.2. The molecule has 3 heterocycles. The Morgan fingerprint density at radius 2 is 2.04 bits per heavy atom. The molecule has 3 atom stereocenters. The second-order valence-corrected chi connectivity index (χ2v) is 7.74. The van der Waals surface area contributed by atoms with Crippen LogP contribution in [0.2, 0.25) is 0 Å². The van der Waals surface area contributed by atoms with Crippen LogP contribution in [0.4, 0.5) is 0 Å². The largest absolute Gasteiger partial charge is 0.459 e. The van der Waals surface area contributed by atoms with Crippen molar-refractivity contribution >= 4 is 5.91 Å². The first-order valence-corrected chi connectivity index (χ1v) is 9.62. The molecule has 1 amide bonds. The molecule has 3 aliphatic rings. The molecule has 5 rings (SSSR count). The molecule has 1 aliphatic carbocycles. The number of rotatable bonds is 2. The SMILES string of the molecule is O=C(c1ccco1)N1CC[C@@]2(O)CCCC[C@H]2[C@@H]1c1ccc2c(c1)OCO2. The van der Waals surface area contributed by atoms with E-state index in [1.54, 1.807) is 12.1 Å². The molecular weight excluding hydrogens is 346 g/mol. The maximum Gasteiger partial charge on any atom is 0.290 e. The second kappa shape index (κ2) is 6.30. The average Bonchev–Trinajstić information content (AvgIpc) is 3.37. The molecule has 6 heteroatoms. The zero-order chi connectivity index (χ0) is 18.4. The monoisotopic (exact) mass is 369 g/mol. The molecule has 1 saturated heterocycles. The average molecular weight is 369 g/mol. The first-order chi connectivity index (χ1) is 13.2. The molecule has 2 aromatic rings. The second-order valence-electron chi connectivity index (χ2n) is 7.74. The molecule has 1 N–H and O–H groups in total. The lowest BCUT2D eigenvalue weighted by atomic mass is 9.66. The van der Waals surface area contributed by atoms with Gasteiger partial charge in [0.05, 0.1) is 17.9 Å². The Kier molecular flexibility index (Phi) is 3.90. The summed E-state index contributed by atoms with van der Waals surface area (Å²) >= 11 is 0. The van der Waals surface area contributed by atoms with Crippen LogP contribution in [0.25, 0.3) is 0 Å². The van der Waals surface area contributed by atoms with E-state index in [2.05, 4.69) is 0 Å². The molecule has 1 saturated carbocycles. The molecule has 0 spiro atoms. The summed E-state index contributed by atoms with van der Waals surface area (Å²) in [6.45, 7) is 0.720. The summed E-state index contributed by atoms with van der Waals surface area (Å²) in [6.07, 6.45) is 5.91. The maximum atomic E-state index is 13.2. The number of amides is 1. The third-order valence-corrected chi connectivity index (χ3v) is 6.30. The van der Waals surface area contributed by atoms with Gasteiger partial charge >= 0.3 is 0 Å². The van der Waals surface area contributed by atoms with Gasteiger partial charge in [-0.05, 0) is 49.1 Å². The number of carbonyl (C=O) groups excluding carboxylic acids is 1. The fourth-order valence-corrected chi connectivity index (χ4v) is 4.96. The van der Waals surface area contributed by atoms with Crippen molar-refractivity contribution in [2.24, 2.45) is 5.92 Å². The summed E-state index contributed by atoms with van der Waals surface area (Å²) in [6, 6.07) is 9.04. The number of likely N-dealkylation sites (tertiary alicyclic amines) is 1. The molecular formula is C21H23NO5. The van der Waals surface area contributed by atoms with Crippen LogP contribution < -0.4 is 9.47 Å². The van der Waals surface area contributed by atoms with Crippen molar-refractivity contribution in [2.75, 3.05) is 13.3 Å². The Balaban J connectivity index is 1.57. The van der Waals surface area contributed by atoms with Crippen molar-refractivity contribution in [3.05, 3.63) is 47.9 Å². The highest BCUT2D eigenvalue weighted by Crippen LogP contribution is 2.50. The first-order valence-electron chi connectivity index (χ1n) is 9.62. The number of aliphatic hydroxyl groups is 1. The van der Waals surface area contributed by atoms with Crippen LogP contribution in [0.1, 0.15) is 54.3 Å². The first kappa shape index (κ1) is 16.7. The van der Waals surface area contributed by atoms with Crippen molar-refractivity contribution in [3.8, 4) is 11.5 Å². The van der Waals surface area contributed by atoms with Crippen molar-refractivity contribution < 1.29 is 23.8 Å². The van der Waals surface area contributed by atoms with Crippen LogP contribution in [-0.4, -0.2) is 34.9 Å². The predicted octanol–water partition coefficient (Wildman–Crippen LogP) is 3.52. The Morgan fingerprint density at radius 1 is 1.15 bits per heavy atom. The van der Waals surface area contributed by atoms with E-state index in [9.17, 15) is 9.90 Å². The number of benzene rings is 1. The van der Waals surface area contributed by atoms with Gasteiger partial charge in [0, 0.05) is 12.5 Å². The summed E-state index contributed by atoms with van der Waals surface area (Å²) in [7, 11) is 0. The minimum absolute atomic E-state index is 0.000663. The Hall–Kier alpha value is -2.47. The summed E-state index contributed by atoms with van der Waals surface area (Å²) < 4.78 is 16.4. The summed E-state index contributed by atoms with van der Waals surface area (Å²) in [5.41, 5.74) is 0.253. The molecule has 0 bridgehead atoms. The third-order valence-electron chi connectivity index (χ3n) is 6.30. The standard InChI is InChI=1S/C21H23NO5/c23-20(17-5-3-11-25-17)22-10-9-21(24)8-2-1-4-15(21)19(22)14-6-7-16-18(12-14)27-13-26-16/h3,5-7,11-12,15,19,24H,1-2,4,8-10,13H2/t15-,19-,21-/m0/s1. The Labute approximate surface area is 157 Å². The normalized spacial score (nSPS) is 29.4. The van der Waals surface area contributed by atoms with Crippen LogP contribution >= 0.6 is 0 Å². The van der Waals surface area contributed by atoms with E-state index < -0.39 is 5.60 Å². The van der Waals surface area contributed by atoms with Gasteiger partial charge in [0.2, 0.25) is 6.79 Å². The number of piperidine rings is 1. The van der Waals surface area contributed by atoms with E-state index in [1.807, 2.05) is 23.1 Å². The highest BCUT2D eigenvalue weighted by Gasteiger charge is 2.50. The number of furan rings is 1. The summed E-state index contributed by atoms with van der Waals surface area (Å²) in [5, 5.41) is 11.3. The van der Waals surface area contributed by atoms with Gasteiger partial charge in [-0.1, -0.05) is 18.9 Å². The minimum Gasteiger partial charge on any atom is -0.459 e. The molecule has 2 fully saturated rings. The summed E-state index contributed by atoms with van der Waals surface area (Å²) in [4.78, 5) is 15.0. The number of nitrogens with zero attached hydrogens (tertiary/aromatic N) is 1. The highest BCUT2D eigenvalue weighted by molar-refractivity contribution is 5.92. The number of hydrogen-bond acceptors (Lipinski definition) is 5. The van der Waals surface area contributed by atoms with Crippen molar-refractivity contribution in [1.82, 2.24) is 4.90 Å². The Bertz CT molecular complexity index is 848. The lowest BCUT2D eigenvalue weighted by molar-refractivity contribution is -0.115. The van der Waals surface area contributed by atoms with Gasteiger partial charge in [-0.2, -0.15) is 0 Å². The van der Waals surface area contributed by atoms with Gasteiger partial charge in [0.1, 0.15) is 0 Å². The number of carbonyl (C=O) groups is 1. The minimum atomic E-state index is -0.723. The van der Waals surface area contributed by atoms with Gasteiger partial charge in [0.25, 0.3) is 5.91 Å². The predicted molar refractivity (Wildman–Crippen MR) is 96.6 cm³/mol. The van der Waals surface area contributed by atoms with E-state index in [-0.39, 0.29) is 24.7 Å². The van der Waals surface area contributed by atoms with Crippen LogP contribution in [0.3, 0.4) is 0 Å². The fourth-order valence-electron chi connectivity index (χ4n) is 4.96. The van der Waals surface area contributed by atoms with Crippen LogP contribution in [0, 0.1) is 5.92 Å². The van der Waals surface area contributed by atoms with Crippen LogP contribution in [-0.2, 0) is 0 Å². The molecule has 2 aliphatic heterocycles. The molecule has 0 unspecified atom stereocenters. The van der Waals surface area contributed by atoms with Crippen molar-refractivity contribution in [2.45, 2.75) is 43.7 Å². The van der Waals surface area contributed by atoms with Crippen LogP contribution in [0.15, 0.2) is 41.0 Å². The fraction of sp³-hybridized carbons (Fsp3) is 0.476. The Morgan fingerprint density at radius 3 is 2.89 bits per heavy atom. The van der Waals surface area contributed by atoms with Gasteiger partial charge in [0.15, 0.2) is 17.3 Å². The lowest BCUT2D eigenvalue weighted by Gasteiger charge is -2.52. The van der Waals surface area contributed by atoms with E-state index >= 15 is 0 Å². The third kappa shape index (κ3) is 2.70. The van der Waals surface area contributed by atoms with E-state index in [0.717, 1.165) is 37.0 Å². The number of fused-ring (bicyclic) bond motifs is 2. The molecule has 0 radical (unpaired) electrons. The smallest absolute Gasteiger partial charge is 0.290 e. The highest BCUT2D eigenvalue weighted by atomic mass is 16.7. The molecule has 27 heavy (non-hydrogen) atoms. The molecule has 142 valence electrons. The molecule has 6 nitrogen and oxygen atoms in total. The van der Waals surface area contributed by atoms with E-state index in [0.29, 0.717) is 24.5 Å². The van der Waals surface area contributed by atoms with E-state index in [4.69, 9.17) is 13.9 Å². The number of ether oxygens (including phenoxy) is 2. The van der Waals surface area contributed by atoms with Gasteiger partial charge in [-0.15, -0.1) is 0 Å². The van der Waals surface area contributed by atoms with Crippen molar-refractivity contribution in [1.29, 1.82) is 0 Å². The number of hydrogen-bond donors (Lipinski definition) is 1. The van der Waals surface area contributed by atoms with Gasteiger partial charge < -0.3 is 23.9 Å². The quantitative estimate of drug-likeness (QED) is 0.877. The van der Waals surface area contributed by atoms with Crippen molar-refractivity contribution in [3.63, 3.8) is 0 Å². The lowest BCUT2D eigenvalue weighted by Crippen LogP contribution is -2.56. The van der Waals surface area contributed by atoms with Crippen LogP contribution in [0.5, 0.6) is 11.5 Å². The van der Waals surface area contributed by atoms with Gasteiger partial charge in [-0.3, -0.25) is 4.79 Å².